The predicted octanol–water partition coefficient (Wildman–Crippen LogP) is 1.98. The second kappa shape index (κ2) is 5.61. The molecule has 0 spiro atoms. The summed E-state index contributed by atoms with van der Waals surface area (Å²) in [4.78, 5) is 30.1. The van der Waals surface area contributed by atoms with Crippen LogP contribution in [-0.4, -0.2) is 20.8 Å². The number of amides is 1. The Morgan fingerprint density at radius 3 is 2.70 bits per heavy atom. The summed E-state index contributed by atoms with van der Waals surface area (Å²) in [5.41, 5.74) is 4.86. The smallest absolute Gasteiger partial charge is 0.304 e. The molecule has 0 aliphatic heterocycles. The van der Waals surface area contributed by atoms with Crippen molar-refractivity contribution in [3.63, 3.8) is 0 Å². The van der Waals surface area contributed by atoms with Gasteiger partial charge in [-0.05, 0) is 28.1 Å². The van der Waals surface area contributed by atoms with E-state index in [-0.39, 0.29) is 17.1 Å². The highest BCUT2D eigenvalue weighted by molar-refractivity contribution is 9.10. The van der Waals surface area contributed by atoms with Gasteiger partial charge in [-0.1, -0.05) is 6.07 Å². The first-order chi connectivity index (χ1) is 9.49. The number of nitrogens with two attached hydrogens (primary N) is 1. The average molecular weight is 338 g/mol. The number of anilines is 2. The molecule has 0 aliphatic carbocycles. The molecule has 9 heteroatoms. The maximum Gasteiger partial charge on any atom is 0.304 e. The van der Waals surface area contributed by atoms with E-state index in [0.717, 1.165) is 0 Å². The van der Waals surface area contributed by atoms with Crippen molar-refractivity contribution in [2.24, 2.45) is 0 Å². The average Bonchev–Trinajstić information content (AvgIpc) is 2.40. The van der Waals surface area contributed by atoms with Crippen molar-refractivity contribution in [2.45, 2.75) is 0 Å². The Bertz CT molecular complexity index is 674. The van der Waals surface area contributed by atoms with Gasteiger partial charge in [-0.25, -0.2) is 9.97 Å². The number of nitro groups is 1. The van der Waals surface area contributed by atoms with Gasteiger partial charge in [0.2, 0.25) is 0 Å². The number of nitro benzene ring substituents is 1. The van der Waals surface area contributed by atoms with E-state index in [1.165, 1.54) is 30.6 Å². The van der Waals surface area contributed by atoms with E-state index in [2.05, 4.69) is 31.2 Å². The SMILES string of the molecule is Nc1cccc(C(=O)Nc2cnc(Br)cn2)c1[N+](=O)[O-]. The summed E-state index contributed by atoms with van der Waals surface area (Å²) in [6, 6.07) is 4.13. The van der Waals surface area contributed by atoms with Crippen LogP contribution in [0, 0.1) is 10.1 Å². The van der Waals surface area contributed by atoms with Gasteiger partial charge in [-0.15, -0.1) is 0 Å². The summed E-state index contributed by atoms with van der Waals surface area (Å²) >= 11 is 3.10. The lowest BCUT2D eigenvalue weighted by Crippen LogP contribution is -2.15. The number of hydrogen-bond donors (Lipinski definition) is 2. The molecule has 102 valence electrons. The summed E-state index contributed by atoms with van der Waals surface area (Å²) in [5, 5.41) is 13.4. The Morgan fingerprint density at radius 2 is 2.10 bits per heavy atom. The third kappa shape index (κ3) is 2.88. The van der Waals surface area contributed by atoms with Gasteiger partial charge in [0.05, 0.1) is 17.3 Å². The Hall–Kier alpha value is -2.55. The van der Waals surface area contributed by atoms with Crippen LogP contribution in [0.4, 0.5) is 17.2 Å². The number of carbonyl (C=O) groups excluding carboxylic acids is 1. The molecule has 3 N–H and O–H groups in total. The van der Waals surface area contributed by atoms with Crippen LogP contribution in [-0.2, 0) is 0 Å². The Labute approximate surface area is 121 Å². The second-order valence-corrected chi connectivity index (χ2v) is 4.49. The molecule has 0 atom stereocenters. The summed E-state index contributed by atoms with van der Waals surface area (Å²) in [5.74, 6) is -0.504. The van der Waals surface area contributed by atoms with Gasteiger partial charge in [0.25, 0.3) is 5.91 Å². The molecule has 0 saturated carbocycles. The van der Waals surface area contributed by atoms with Crippen molar-refractivity contribution < 1.29 is 9.72 Å². The number of benzene rings is 1. The molecule has 1 heterocycles. The minimum atomic E-state index is -0.697. The molecule has 20 heavy (non-hydrogen) atoms. The molecule has 0 radical (unpaired) electrons. The molecule has 8 nitrogen and oxygen atoms in total. The Morgan fingerprint density at radius 1 is 1.35 bits per heavy atom. The number of nitrogens with one attached hydrogen (secondary N) is 1. The number of para-hydroxylation sites is 1. The van der Waals surface area contributed by atoms with Gasteiger partial charge in [0, 0.05) is 0 Å². The standard InChI is InChI=1S/C11H8BrN5O3/c12-8-4-15-9(5-14-8)16-11(18)6-2-1-3-7(13)10(6)17(19)20/h1-5H,13H2,(H,15,16,18). The molecular weight excluding hydrogens is 330 g/mol. The van der Waals surface area contributed by atoms with Crippen LogP contribution in [0.1, 0.15) is 10.4 Å². The molecule has 0 fully saturated rings. The number of aromatic nitrogens is 2. The van der Waals surface area contributed by atoms with Crippen molar-refractivity contribution in [2.75, 3.05) is 11.1 Å². The number of hydrogen-bond acceptors (Lipinski definition) is 6. The Kier molecular flexibility index (Phi) is 3.89. The van der Waals surface area contributed by atoms with E-state index in [0.29, 0.717) is 4.60 Å². The zero-order valence-corrected chi connectivity index (χ0v) is 11.5. The zero-order chi connectivity index (χ0) is 14.7. The van der Waals surface area contributed by atoms with Gasteiger partial charge < -0.3 is 11.1 Å². The lowest BCUT2D eigenvalue weighted by atomic mass is 10.1. The first-order valence-corrected chi connectivity index (χ1v) is 6.10. The third-order valence-electron chi connectivity index (χ3n) is 2.36. The number of carbonyl (C=O) groups is 1. The van der Waals surface area contributed by atoms with Crippen molar-refractivity contribution in [3.8, 4) is 0 Å². The van der Waals surface area contributed by atoms with Crippen molar-refractivity contribution in [3.05, 3.63) is 50.9 Å². The molecule has 0 bridgehead atoms. The topological polar surface area (TPSA) is 124 Å². The lowest BCUT2D eigenvalue weighted by Gasteiger charge is -2.06. The quantitative estimate of drug-likeness (QED) is 0.501. The fourth-order valence-electron chi connectivity index (χ4n) is 1.51. The molecule has 2 rings (SSSR count). The molecular formula is C11H8BrN5O3. The normalized spacial score (nSPS) is 10.1. The highest BCUT2D eigenvalue weighted by Gasteiger charge is 2.23. The van der Waals surface area contributed by atoms with E-state index < -0.39 is 16.5 Å². The predicted molar refractivity (Wildman–Crippen MR) is 75.2 cm³/mol. The van der Waals surface area contributed by atoms with Gasteiger partial charge in [-0.3, -0.25) is 14.9 Å². The molecule has 1 aromatic heterocycles. The fraction of sp³-hybridized carbons (Fsp3) is 0. The summed E-state index contributed by atoms with van der Waals surface area (Å²) in [6.45, 7) is 0. The Balaban J connectivity index is 2.32. The number of rotatable bonds is 3. The van der Waals surface area contributed by atoms with E-state index in [4.69, 9.17) is 5.73 Å². The minimum Gasteiger partial charge on any atom is -0.393 e. The van der Waals surface area contributed by atoms with Gasteiger partial charge in [-0.2, -0.15) is 0 Å². The monoisotopic (exact) mass is 337 g/mol. The fourth-order valence-corrected chi connectivity index (χ4v) is 1.71. The van der Waals surface area contributed by atoms with E-state index in [1.807, 2.05) is 0 Å². The number of halogens is 1. The summed E-state index contributed by atoms with van der Waals surface area (Å²) < 4.78 is 0.505. The largest absolute Gasteiger partial charge is 0.393 e. The summed E-state index contributed by atoms with van der Waals surface area (Å²) in [6.07, 6.45) is 2.71. The van der Waals surface area contributed by atoms with E-state index in [9.17, 15) is 14.9 Å². The molecule has 0 aliphatic rings. The van der Waals surface area contributed by atoms with Crippen LogP contribution in [0.15, 0.2) is 35.2 Å². The van der Waals surface area contributed by atoms with Crippen LogP contribution in [0.2, 0.25) is 0 Å². The van der Waals surface area contributed by atoms with Gasteiger partial charge in [0.15, 0.2) is 5.82 Å². The van der Waals surface area contributed by atoms with Crippen molar-refractivity contribution in [1.82, 2.24) is 9.97 Å². The van der Waals surface area contributed by atoms with E-state index >= 15 is 0 Å². The van der Waals surface area contributed by atoms with Gasteiger partial charge in [0.1, 0.15) is 15.9 Å². The minimum absolute atomic E-state index is 0.0791. The number of nitrogen functional groups attached to an aromatic ring is 1. The number of nitrogens with zero attached hydrogens (tertiary/aromatic N) is 3. The highest BCUT2D eigenvalue weighted by Crippen LogP contribution is 2.26. The molecule has 2 aromatic rings. The lowest BCUT2D eigenvalue weighted by molar-refractivity contribution is -0.384. The van der Waals surface area contributed by atoms with Crippen LogP contribution in [0.3, 0.4) is 0 Å². The maximum absolute atomic E-state index is 12.0. The van der Waals surface area contributed by atoms with Crippen LogP contribution < -0.4 is 11.1 Å². The van der Waals surface area contributed by atoms with E-state index in [1.54, 1.807) is 0 Å². The third-order valence-corrected chi connectivity index (χ3v) is 2.77. The highest BCUT2D eigenvalue weighted by atomic mass is 79.9. The molecule has 0 unspecified atom stereocenters. The first kappa shape index (κ1) is 13.9. The molecule has 0 saturated heterocycles. The molecule has 1 amide bonds. The van der Waals surface area contributed by atoms with Crippen molar-refractivity contribution in [1.29, 1.82) is 0 Å². The van der Waals surface area contributed by atoms with Crippen LogP contribution >= 0.6 is 15.9 Å². The first-order valence-electron chi connectivity index (χ1n) is 5.31. The van der Waals surface area contributed by atoms with Crippen LogP contribution in [0.25, 0.3) is 0 Å². The van der Waals surface area contributed by atoms with Crippen LogP contribution in [0.5, 0.6) is 0 Å². The second-order valence-electron chi connectivity index (χ2n) is 3.68. The molecule has 1 aromatic carbocycles. The maximum atomic E-state index is 12.0. The summed E-state index contributed by atoms with van der Waals surface area (Å²) in [7, 11) is 0. The zero-order valence-electron chi connectivity index (χ0n) is 9.91. The van der Waals surface area contributed by atoms with Crippen molar-refractivity contribution >= 4 is 39.0 Å². The van der Waals surface area contributed by atoms with Gasteiger partial charge >= 0.3 is 5.69 Å².